The van der Waals surface area contributed by atoms with Crippen LogP contribution in [-0.2, 0) is 0 Å². The van der Waals surface area contributed by atoms with Crippen LogP contribution in [0.3, 0.4) is 0 Å². The second-order valence-electron chi connectivity index (χ2n) is 6.09. The Morgan fingerprint density at radius 1 is 0.739 bits per heavy atom. The Kier molecular flexibility index (Phi) is 5.60. The van der Waals surface area contributed by atoms with Crippen molar-refractivity contribution < 1.29 is 5.11 Å². The largest absolute Gasteiger partial charge is 0.386 e. The fraction of sp³-hybridized carbons (Fsp3) is 0.368. The van der Waals surface area contributed by atoms with Crippen molar-refractivity contribution in [2.75, 3.05) is 13.1 Å². The number of aliphatic hydroxyl groups excluding tert-OH is 1. The first-order valence-electron chi connectivity index (χ1n) is 8.08. The van der Waals surface area contributed by atoms with Crippen molar-refractivity contribution in [2.45, 2.75) is 31.4 Å². The van der Waals surface area contributed by atoms with Gasteiger partial charge in [0, 0.05) is 10.0 Å². The van der Waals surface area contributed by atoms with Crippen molar-refractivity contribution in [1.29, 1.82) is 0 Å². The SMILES string of the molecule is O[C@@H](c1ccc(Cl)cc1)[C@@H](c1ccc(Cl)cc1)N1CCCCC1. The fourth-order valence-electron chi connectivity index (χ4n) is 3.29. The summed E-state index contributed by atoms with van der Waals surface area (Å²) in [5, 5.41) is 12.4. The Hall–Kier alpha value is -1.06. The molecule has 1 heterocycles. The van der Waals surface area contributed by atoms with E-state index in [9.17, 15) is 5.11 Å². The van der Waals surface area contributed by atoms with Gasteiger partial charge in [0.15, 0.2) is 0 Å². The second kappa shape index (κ2) is 7.67. The van der Waals surface area contributed by atoms with E-state index < -0.39 is 6.10 Å². The first kappa shape index (κ1) is 16.8. The number of rotatable bonds is 4. The highest BCUT2D eigenvalue weighted by Crippen LogP contribution is 2.36. The lowest BCUT2D eigenvalue weighted by Gasteiger charge is -2.37. The highest BCUT2D eigenvalue weighted by atomic mass is 35.5. The third-order valence-corrected chi connectivity index (χ3v) is 5.01. The number of benzene rings is 2. The summed E-state index contributed by atoms with van der Waals surface area (Å²) in [4.78, 5) is 2.38. The van der Waals surface area contributed by atoms with Crippen molar-refractivity contribution >= 4 is 23.2 Å². The van der Waals surface area contributed by atoms with Gasteiger partial charge in [0.25, 0.3) is 0 Å². The summed E-state index contributed by atoms with van der Waals surface area (Å²) >= 11 is 12.0. The standard InChI is InChI=1S/C19H21Cl2NO/c20-16-8-4-14(5-9-16)18(22-12-2-1-3-13-22)19(23)15-6-10-17(21)11-7-15/h4-11,18-19,23H,1-3,12-13H2/t18-,19+/m1/s1. The molecule has 3 rings (SSSR count). The first-order valence-corrected chi connectivity index (χ1v) is 8.84. The van der Waals surface area contributed by atoms with Crippen molar-refractivity contribution in [1.82, 2.24) is 4.90 Å². The molecule has 2 nitrogen and oxygen atoms in total. The predicted octanol–water partition coefficient (Wildman–Crippen LogP) is 5.25. The van der Waals surface area contributed by atoms with E-state index in [4.69, 9.17) is 23.2 Å². The molecule has 0 radical (unpaired) electrons. The van der Waals surface area contributed by atoms with Crippen LogP contribution in [0.4, 0.5) is 0 Å². The highest BCUT2D eigenvalue weighted by Gasteiger charge is 2.29. The number of likely N-dealkylation sites (tertiary alicyclic amines) is 1. The zero-order valence-corrected chi connectivity index (χ0v) is 14.5. The quantitative estimate of drug-likeness (QED) is 0.814. The zero-order chi connectivity index (χ0) is 16.2. The Labute approximate surface area is 147 Å². The average Bonchev–Trinajstić information content (AvgIpc) is 2.58. The van der Waals surface area contributed by atoms with E-state index in [2.05, 4.69) is 4.90 Å². The lowest BCUT2D eigenvalue weighted by Crippen LogP contribution is -2.37. The van der Waals surface area contributed by atoms with E-state index in [0.29, 0.717) is 10.0 Å². The highest BCUT2D eigenvalue weighted by molar-refractivity contribution is 6.30. The summed E-state index contributed by atoms with van der Waals surface area (Å²) in [5.41, 5.74) is 1.98. The number of nitrogens with zero attached hydrogens (tertiary/aromatic N) is 1. The predicted molar refractivity (Wildman–Crippen MR) is 96.0 cm³/mol. The Bertz CT molecular complexity index is 621. The Balaban J connectivity index is 1.93. The van der Waals surface area contributed by atoms with Gasteiger partial charge in [-0.25, -0.2) is 0 Å². The van der Waals surface area contributed by atoms with E-state index in [1.165, 1.54) is 19.3 Å². The molecule has 2 aromatic rings. The van der Waals surface area contributed by atoms with E-state index in [-0.39, 0.29) is 6.04 Å². The van der Waals surface area contributed by atoms with Gasteiger partial charge >= 0.3 is 0 Å². The minimum absolute atomic E-state index is 0.0613. The third-order valence-electron chi connectivity index (χ3n) is 4.51. The molecule has 0 amide bonds. The summed E-state index contributed by atoms with van der Waals surface area (Å²) in [5.74, 6) is 0. The lowest BCUT2D eigenvalue weighted by atomic mass is 9.93. The molecule has 0 unspecified atom stereocenters. The molecule has 0 bridgehead atoms. The molecule has 2 aromatic carbocycles. The molecule has 23 heavy (non-hydrogen) atoms. The fourth-order valence-corrected chi connectivity index (χ4v) is 3.54. The summed E-state index contributed by atoms with van der Waals surface area (Å²) < 4.78 is 0. The molecule has 1 saturated heterocycles. The summed E-state index contributed by atoms with van der Waals surface area (Å²) in [6, 6.07) is 15.2. The van der Waals surface area contributed by atoms with E-state index >= 15 is 0 Å². The number of aliphatic hydroxyl groups is 1. The number of piperidine rings is 1. The molecule has 1 aliphatic heterocycles. The summed E-state index contributed by atoms with van der Waals surface area (Å²) in [7, 11) is 0. The van der Waals surface area contributed by atoms with E-state index in [0.717, 1.165) is 24.2 Å². The Morgan fingerprint density at radius 2 is 1.22 bits per heavy atom. The molecule has 0 aliphatic carbocycles. The molecule has 1 N–H and O–H groups in total. The normalized spacial score (nSPS) is 18.6. The van der Waals surface area contributed by atoms with Crippen molar-refractivity contribution in [3.05, 3.63) is 69.7 Å². The molecule has 4 heteroatoms. The summed E-state index contributed by atoms with van der Waals surface area (Å²) in [6.07, 6.45) is 3.03. The van der Waals surface area contributed by atoms with Gasteiger partial charge in [0.05, 0.1) is 12.1 Å². The second-order valence-corrected chi connectivity index (χ2v) is 6.96. The van der Waals surface area contributed by atoms with Gasteiger partial charge in [-0.15, -0.1) is 0 Å². The van der Waals surface area contributed by atoms with Crippen LogP contribution >= 0.6 is 23.2 Å². The van der Waals surface area contributed by atoms with Crippen molar-refractivity contribution in [2.24, 2.45) is 0 Å². The maximum absolute atomic E-state index is 11.0. The molecule has 0 spiro atoms. The third kappa shape index (κ3) is 4.07. The maximum Gasteiger partial charge on any atom is 0.0986 e. The zero-order valence-electron chi connectivity index (χ0n) is 13.0. The van der Waals surface area contributed by atoms with Crippen LogP contribution in [0.1, 0.15) is 42.5 Å². The smallest absolute Gasteiger partial charge is 0.0986 e. The van der Waals surface area contributed by atoms with E-state index in [1.54, 1.807) is 0 Å². The topological polar surface area (TPSA) is 23.5 Å². The minimum atomic E-state index is -0.591. The molecule has 0 aromatic heterocycles. The van der Waals surface area contributed by atoms with Gasteiger partial charge in [0.2, 0.25) is 0 Å². The molecular weight excluding hydrogens is 329 g/mol. The van der Waals surface area contributed by atoms with Crippen LogP contribution < -0.4 is 0 Å². The van der Waals surface area contributed by atoms with Gasteiger partial charge in [-0.05, 0) is 61.3 Å². The van der Waals surface area contributed by atoms with Crippen LogP contribution in [-0.4, -0.2) is 23.1 Å². The monoisotopic (exact) mass is 349 g/mol. The van der Waals surface area contributed by atoms with E-state index in [1.807, 2.05) is 48.5 Å². The van der Waals surface area contributed by atoms with Gasteiger partial charge < -0.3 is 5.11 Å². The number of halogens is 2. The molecule has 0 saturated carbocycles. The van der Waals surface area contributed by atoms with Gasteiger partial charge in [0.1, 0.15) is 0 Å². The van der Waals surface area contributed by atoms with Gasteiger partial charge in [-0.3, -0.25) is 4.90 Å². The molecule has 1 fully saturated rings. The van der Waals surface area contributed by atoms with Crippen LogP contribution in [0, 0.1) is 0 Å². The van der Waals surface area contributed by atoms with Gasteiger partial charge in [-0.1, -0.05) is 53.9 Å². The van der Waals surface area contributed by atoms with Gasteiger partial charge in [-0.2, -0.15) is 0 Å². The van der Waals surface area contributed by atoms with Crippen LogP contribution in [0.15, 0.2) is 48.5 Å². The first-order chi connectivity index (χ1) is 11.1. The van der Waals surface area contributed by atoms with Crippen molar-refractivity contribution in [3.8, 4) is 0 Å². The maximum atomic E-state index is 11.0. The van der Waals surface area contributed by atoms with Crippen LogP contribution in [0.2, 0.25) is 10.0 Å². The number of hydrogen-bond donors (Lipinski definition) is 1. The lowest BCUT2D eigenvalue weighted by molar-refractivity contribution is 0.0362. The Morgan fingerprint density at radius 3 is 1.74 bits per heavy atom. The van der Waals surface area contributed by atoms with Crippen molar-refractivity contribution in [3.63, 3.8) is 0 Å². The number of hydrogen-bond acceptors (Lipinski definition) is 2. The van der Waals surface area contributed by atoms with Crippen LogP contribution in [0.5, 0.6) is 0 Å². The molecule has 2 atom stereocenters. The minimum Gasteiger partial charge on any atom is -0.386 e. The molecular formula is C19H21Cl2NO. The summed E-state index contributed by atoms with van der Waals surface area (Å²) in [6.45, 7) is 2.02. The molecule has 122 valence electrons. The average molecular weight is 350 g/mol. The molecule has 1 aliphatic rings. The van der Waals surface area contributed by atoms with Crippen LogP contribution in [0.25, 0.3) is 0 Å².